The first-order valence-corrected chi connectivity index (χ1v) is 4.45. The van der Waals surface area contributed by atoms with Crippen LogP contribution in [0.5, 0.6) is 5.75 Å². The van der Waals surface area contributed by atoms with E-state index >= 15 is 0 Å². The minimum atomic E-state index is 0.307. The van der Waals surface area contributed by atoms with Crippen LogP contribution < -0.4 is 4.74 Å². The van der Waals surface area contributed by atoms with E-state index in [0.717, 1.165) is 5.75 Å². The molecule has 0 saturated carbocycles. The van der Waals surface area contributed by atoms with Crippen LogP contribution >= 0.6 is 0 Å². The second-order valence-electron chi connectivity index (χ2n) is 3.28. The summed E-state index contributed by atoms with van der Waals surface area (Å²) in [4.78, 5) is 0. The molecule has 0 unspecified atom stereocenters. The van der Waals surface area contributed by atoms with Gasteiger partial charge in [-0.25, -0.2) is 0 Å². The van der Waals surface area contributed by atoms with Gasteiger partial charge in [-0.15, -0.1) is 0 Å². The van der Waals surface area contributed by atoms with E-state index in [4.69, 9.17) is 9.47 Å². The quantitative estimate of drug-likeness (QED) is 0.663. The second kappa shape index (κ2) is 4.87. The Morgan fingerprint density at radius 1 is 1.31 bits per heavy atom. The Morgan fingerprint density at radius 3 is 2.69 bits per heavy atom. The molecule has 0 aliphatic heterocycles. The van der Waals surface area contributed by atoms with Gasteiger partial charge in [-0.1, -0.05) is 26.0 Å². The molecule has 0 radical (unpaired) electrons. The summed E-state index contributed by atoms with van der Waals surface area (Å²) in [7, 11) is 1.62. The highest BCUT2D eigenvalue weighted by Gasteiger charge is 2.00. The Kier molecular flexibility index (Phi) is 3.77. The summed E-state index contributed by atoms with van der Waals surface area (Å²) in [6.45, 7) is 4.63. The van der Waals surface area contributed by atoms with Crippen molar-refractivity contribution in [3.05, 3.63) is 29.8 Å². The molecule has 0 bridgehead atoms. The lowest BCUT2D eigenvalue weighted by Crippen LogP contribution is -1.99. The first-order chi connectivity index (χ1) is 6.24. The average Bonchev–Trinajstić information content (AvgIpc) is 2.15. The molecule has 1 rings (SSSR count). The van der Waals surface area contributed by atoms with Crippen LogP contribution in [0.15, 0.2) is 24.3 Å². The summed E-state index contributed by atoms with van der Waals surface area (Å²) >= 11 is 0. The number of benzene rings is 1. The summed E-state index contributed by atoms with van der Waals surface area (Å²) in [5, 5.41) is 0. The predicted octanol–water partition coefficient (Wildman–Crippen LogP) is 2.79. The highest BCUT2D eigenvalue weighted by Crippen LogP contribution is 2.19. The van der Waals surface area contributed by atoms with Crippen LogP contribution in [0.25, 0.3) is 0 Å². The average molecular weight is 180 g/mol. The van der Waals surface area contributed by atoms with Crippen LogP contribution in [0, 0.1) is 0 Å². The molecule has 13 heavy (non-hydrogen) atoms. The largest absolute Gasteiger partial charge is 0.468 e. The van der Waals surface area contributed by atoms with Crippen molar-refractivity contribution in [3.8, 4) is 5.75 Å². The van der Waals surface area contributed by atoms with Gasteiger partial charge >= 0.3 is 0 Å². The molecular weight excluding hydrogens is 164 g/mol. The van der Waals surface area contributed by atoms with Crippen LogP contribution in [-0.4, -0.2) is 13.9 Å². The van der Waals surface area contributed by atoms with Crippen molar-refractivity contribution in [1.29, 1.82) is 0 Å². The lowest BCUT2D eigenvalue weighted by molar-refractivity contribution is 0.0510. The van der Waals surface area contributed by atoms with Gasteiger partial charge in [0.2, 0.25) is 0 Å². The number of hydrogen-bond acceptors (Lipinski definition) is 2. The molecule has 2 nitrogen and oxygen atoms in total. The topological polar surface area (TPSA) is 18.5 Å². The highest BCUT2D eigenvalue weighted by atomic mass is 16.7. The Hall–Kier alpha value is -1.02. The molecule has 2 heteroatoms. The summed E-state index contributed by atoms with van der Waals surface area (Å²) in [5.74, 6) is 1.40. The van der Waals surface area contributed by atoms with Crippen LogP contribution in [0.2, 0.25) is 0 Å². The van der Waals surface area contributed by atoms with Gasteiger partial charge in [-0.2, -0.15) is 0 Å². The van der Waals surface area contributed by atoms with Crippen molar-refractivity contribution in [2.75, 3.05) is 13.9 Å². The summed E-state index contributed by atoms with van der Waals surface area (Å²) < 4.78 is 10.1. The Labute approximate surface area is 79.5 Å². The van der Waals surface area contributed by atoms with Crippen molar-refractivity contribution in [2.45, 2.75) is 19.8 Å². The van der Waals surface area contributed by atoms with E-state index in [9.17, 15) is 0 Å². The van der Waals surface area contributed by atoms with Gasteiger partial charge in [0.05, 0.1) is 0 Å². The predicted molar refractivity (Wildman–Crippen MR) is 53.0 cm³/mol. The Bertz CT molecular complexity index is 256. The van der Waals surface area contributed by atoms with Gasteiger partial charge in [-0.3, -0.25) is 0 Å². The van der Waals surface area contributed by atoms with E-state index in [-0.39, 0.29) is 0 Å². The fourth-order valence-electron chi connectivity index (χ4n) is 1.09. The molecule has 0 aromatic heterocycles. The van der Waals surface area contributed by atoms with E-state index < -0.39 is 0 Å². The molecule has 0 N–H and O–H groups in total. The van der Waals surface area contributed by atoms with Gasteiger partial charge in [0, 0.05) is 7.11 Å². The van der Waals surface area contributed by atoms with Crippen molar-refractivity contribution in [2.24, 2.45) is 0 Å². The summed E-state index contributed by atoms with van der Waals surface area (Å²) in [5.41, 5.74) is 1.29. The van der Waals surface area contributed by atoms with E-state index in [2.05, 4.69) is 19.9 Å². The lowest BCUT2D eigenvalue weighted by Gasteiger charge is -2.08. The summed E-state index contributed by atoms with van der Waals surface area (Å²) in [6, 6.07) is 8.08. The molecule has 0 aliphatic rings. The molecule has 72 valence electrons. The zero-order valence-corrected chi connectivity index (χ0v) is 8.41. The fourth-order valence-corrected chi connectivity index (χ4v) is 1.09. The molecular formula is C11H16O2. The molecule has 0 aliphatic carbocycles. The van der Waals surface area contributed by atoms with Crippen LogP contribution in [-0.2, 0) is 4.74 Å². The van der Waals surface area contributed by atoms with Gasteiger partial charge in [-0.05, 0) is 23.6 Å². The molecule has 0 saturated heterocycles. The maximum Gasteiger partial charge on any atom is 0.188 e. The van der Waals surface area contributed by atoms with Gasteiger partial charge in [0.25, 0.3) is 0 Å². The molecule has 0 atom stereocenters. The maximum atomic E-state index is 5.32. The monoisotopic (exact) mass is 180 g/mol. The standard InChI is InChI=1S/C11H16O2/c1-9(2)10-5-4-6-11(7-10)13-8-12-3/h4-7,9H,8H2,1-3H3. The van der Waals surface area contributed by atoms with Gasteiger partial charge in [0.15, 0.2) is 6.79 Å². The van der Waals surface area contributed by atoms with E-state index in [1.807, 2.05) is 18.2 Å². The lowest BCUT2D eigenvalue weighted by atomic mass is 10.0. The number of ether oxygens (including phenoxy) is 2. The van der Waals surface area contributed by atoms with Crippen molar-refractivity contribution < 1.29 is 9.47 Å². The van der Waals surface area contributed by atoms with Crippen molar-refractivity contribution in [1.82, 2.24) is 0 Å². The zero-order valence-electron chi connectivity index (χ0n) is 8.41. The third-order valence-corrected chi connectivity index (χ3v) is 1.87. The third-order valence-electron chi connectivity index (χ3n) is 1.87. The zero-order chi connectivity index (χ0) is 9.68. The normalized spacial score (nSPS) is 10.5. The molecule has 0 fully saturated rings. The minimum Gasteiger partial charge on any atom is -0.468 e. The van der Waals surface area contributed by atoms with E-state index in [0.29, 0.717) is 12.7 Å². The van der Waals surface area contributed by atoms with E-state index in [1.165, 1.54) is 5.56 Å². The van der Waals surface area contributed by atoms with Crippen LogP contribution in [0.1, 0.15) is 25.3 Å². The van der Waals surface area contributed by atoms with E-state index in [1.54, 1.807) is 7.11 Å². The number of methoxy groups -OCH3 is 1. The van der Waals surface area contributed by atoms with Crippen LogP contribution in [0.4, 0.5) is 0 Å². The minimum absolute atomic E-state index is 0.307. The van der Waals surface area contributed by atoms with Gasteiger partial charge < -0.3 is 9.47 Å². The fraction of sp³-hybridized carbons (Fsp3) is 0.455. The Balaban J connectivity index is 2.68. The number of rotatable bonds is 4. The van der Waals surface area contributed by atoms with Gasteiger partial charge in [0.1, 0.15) is 5.75 Å². The number of hydrogen-bond donors (Lipinski definition) is 0. The molecule has 0 heterocycles. The third kappa shape index (κ3) is 3.07. The Morgan fingerprint density at radius 2 is 2.08 bits per heavy atom. The molecule has 1 aromatic carbocycles. The van der Waals surface area contributed by atoms with Crippen molar-refractivity contribution in [3.63, 3.8) is 0 Å². The molecule has 0 spiro atoms. The van der Waals surface area contributed by atoms with Crippen molar-refractivity contribution >= 4 is 0 Å². The van der Waals surface area contributed by atoms with Crippen LogP contribution in [0.3, 0.4) is 0 Å². The first-order valence-electron chi connectivity index (χ1n) is 4.45. The smallest absolute Gasteiger partial charge is 0.188 e. The first kappa shape index (κ1) is 10.1. The maximum absolute atomic E-state index is 5.32. The summed E-state index contributed by atoms with van der Waals surface area (Å²) in [6.07, 6.45) is 0. The highest BCUT2D eigenvalue weighted by molar-refractivity contribution is 5.30. The second-order valence-corrected chi connectivity index (χ2v) is 3.28. The SMILES string of the molecule is COCOc1cccc(C(C)C)c1. The molecule has 0 amide bonds. The molecule has 1 aromatic rings.